The Labute approximate surface area is 57.3 Å². The summed E-state index contributed by atoms with van der Waals surface area (Å²) in [6.07, 6.45) is 0.558. The van der Waals surface area contributed by atoms with Gasteiger partial charge in [-0.05, 0) is 6.92 Å². The molecule has 0 aliphatic rings. The first-order valence-electron chi connectivity index (χ1n) is 1.72. The second kappa shape index (κ2) is 10.8. The fourth-order valence-corrected chi connectivity index (χ4v) is 0.0552. The molecule has 0 saturated carbocycles. The average molecular weight is 156 g/mol. The number of carboxylic acid groups (broad SMARTS) is 1. The second-order valence-corrected chi connectivity index (χ2v) is 1.12. The Morgan fingerprint density at radius 3 is 1.60 bits per heavy atom. The minimum Gasteiger partial charge on any atom is -0.515 e. The van der Waals surface area contributed by atoms with Gasteiger partial charge in [0.25, 0.3) is 0 Å². The van der Waals surface area contributed by atoms with Crippen molar-refractivity contribution in [2.24, 2.45) is 0 Å². The summed E-state index contributed by atoms with van der Waals surface area (Å²) in [6, 6.07) is 0. The lowest BCUT2D eigenvalue weighted by Gasteiger charge is -1.83. The van der Waals surface area contributed by atoms with Gasteiger partial charge in [-0.15, -0.1) is 0 Å². The summed E-state index contributed by atoms with van der Waals surface area (Å²) in [5.41, 5.74) is -0.0556. The van der Waals surface area contributed by atoms with Gasteiger partial charge in [0.05, 0.1) is 11.8 Å². The van der Waals surface area contributed by atoms with Gasteiger partial charge in [-0.25, -0.2) is 4.79 Å². The van der Waals surface area contributed by atoms with E-state index in [1.54, 1.807) is 0 Å². The minimum atomic E-state index is -1.09. The van der Waals surface area contributed by atoms with Crippen molar-refractivity contribution in [2.75, 3.05) is 0 Å². The first-order valence-corrected chi connectivity index (χ1v) is 1.72. The Balaban J connectivity index is -0.0000000600. The van der Waals surface area contributed by atoms with E-state index >= 15 is 0 Å². The first kappa shape index (κ1) is 23.1. The van der Waals surface area contributed by atoms with Crippen LogP contribution in [0.25, 0.3) is 0 Å². The van der Waals surface area contributed by atoms with Gasteiger partial charge < -0.3 is 26.6 Å². The standard InChI is InChI=1S/C4H6O3.3H2O/c1-3(2-5)4(6)7;;;/h2,5H,1H3,(H,6,7);3*1H2. The SMILES string of the molecule is CC(=CO)C(=O)O.O.O.O. The molecule has 0 aromatic heterocycles. The Morgan fingerprint density at radius 1 is 1.30 bits per heavy atom. The molecule has 0 bridgehead atoms. The molecule has 0 radical (unpaired) electrons. The molecule has 0 aliphatic carbocycles. The van der Waals surface area contributed by atoms with Gasteiger partial charge in [-0.2, -0.15) is 0 Å². The van der Waals surface area contributed by atoms with Gasteiger partial charge in [0.1, 0.15) is 0 Å². The maximum Gasteiger partial charge on any atom is 0.334 e. The van der Waals surface area contributed by atoms with Crippen LogP contribution in [-0.4, -0.2) is 32.6 Å². The summed E-state index contributed by atoms with van der Waals surface area (Å²) >= 11 is 0. The molecule has 0 fully saturated rings. The van der Waals surface area contributed by atoms with Crippen molar-refractivity contribution in [3.8, 4) is 0 Å². The van der Waals surface area contributed by atoms with Crippen LogP contribution in [0.15, 0.2) is 11.8 Å². The number of aliphatic carboxylic acids is 1. The summed E-state index contributed by atoms with van der Waals surface area (Å²) in [6.45, 7) is 1.31. The predicted octanol–water partition coefficient (Wildman–Crippen LogP) is -1.94. The van der Waals surface area contributed by atoms with Gasteiger partial charge in [0.15, 0.2) is 0 Å². The fourth-order valence-electron chi connectivity index (χ4n) is 0.0552. The lowest BCUT2D eigenvalue weighted by Crippen LogP contribution is -1.94. The third kappa shape index (κ3) is 10.00. The summed E-state index contributed by atoms with van der Waals surface area (Å²) in [5.74, 6) is -1.09. The topological polar surface area (TPSA) is 152 Å². The quantitative estimate of drug-likeness (QED) is 0.335. The lowest BCUT2D eigenvalue weighted by molar-refractivity contribution is -0.132. The molecule has 64 valence electrons. The van der Waals surface area contributed by atoms with E-state index in [9.17, 15) is 4.79 Å². The highest BCUT2D eigenvalue weighted by Crippen LogP contribution is 1.86. The highest BCUT2D eigenvalue weighted by atomic mass is 16.4. The lowest BCUT2D eigenvalue weighted by atomic mass is 10.4. The molecule has 0 spiro atoms. The van der Waals surface area contributed by atoms with Crippen LogP contribution >= 0.6 is 0 Å². The molecular formula is C4H12O6. The molecule has 0 amide bonds. The normalized spacial score (nSPS) is 7.90. The number of carboxylic acids is 1. The Kier molecular flexibility index (Phi) is 25.0. The van der Waals surface area contributed by atoms with E-state index in [0.717, 1.165) is 0 Å². The van der Waals surface area contributed by atoms with E-state index in [-0.39, 0.29) is 22.0 Å². The van der Waals surface area contributed by atoms with E-state index in [1.165, 1.54) is 6.92 Å². The molecule has 0 saturated heterocycles. The molecule has 0 rings (SSSR count). The smallest absolute Gasteiger partial charge is 0.334 e. The van der Waals surface area contributed by atoms with E-state index in [2.05, 4.69) is 0 Å². The number of hydrogen-bond donors (Lipinski definition) is 2. The third-order valence-corrected chi connectivity index (χ3v) is 0.531. The van der Waals surface area contributed by atoms with Crippen molar-refractivity contribution in [1.82, 2.24) is 0 Å². The molecule has 0 atom stereocenters. The van der Waals surface area contributed by atoms with Crippen LogP contribution in [-0.2, 0) is 4.79 Å². The second-order valence-electron chi connectivity index (χ2n) is 1.12. The molecule has 6 nitrogen and oxygen atoms in total. The van der Waals surface area contributed by atoms with Crippen molar-refractivity contribution in [2.45, 2.75) is 6.92 Å². The van der Waals surface area contributed by atoms with E-state index in [4.69, 9.17) is 10.2 Å². The molecule has 0 unspecified atom stereocenters. The van der Waals surface area contributed by atoms with E-state index in [0.29, 0.717) is 6.26 Å². The van der Waals surface area contributed by atoms with Crippen LogP contribution in [0.5, 0.6) is 0 Å². The van der Waals surface area contributed by atoms with Crippen LogP contribution in [0.2, 0.25) is 0 Å². The molecule has 0 aromatic carbocycles. The maximum atomic E-state index is 9.70. The number of carbonyl (C=O) groups is 1. The van der Waals surface area contributed by atoms with Crippen LogP contribution < -0.4 is 0 Å². The summed E-state index contributed by atoms with van der Waals surface area (Å²) in [5, 5.41) is 15.9. The van der Waals surface area contributed by atoms with Crippen molar-refractivity contribution in [3.63, 3.8) is 0 Å². The largest absolute Gasteiger partial charge is 0.515 e. The molecule has 8 N–H and O–H groups in total. The van der Waals surface area contributed by atoms with Crippen LogP contribution in [0.4, 0.5) is 0 Å². The van der Waals surface area contributed by atoms with Crippen molar-refractivity contribution in [3.05, 3.63) is 11.8 Å². The zero-order chi connectivity index (χ0) is 5.86. The van der Waals surface area contributed by atoms with Gasteiger partial charge in [0.2, 0.25) is 0 Å². The Hall–Kier alpha value is -1.11. The van der Waals surface area contributed by atoms with E-state index < -0.39 is 5.97 Å². The van der Waals surface area contributed by atoms with Gasteiger partial charge in [0, 0.05) is 0 Å². The van der Waals surface area contributed by atoms with Gasteiger partial charge >= 0.3 is 5.97 Å². The zero-order valence-electron chi connectivity index (χ0n) is 5.38. The predicted molar refractivity (Wildman–Crippen MR) is 34.9 cm³/mol. The van der Waals surface area contributed by atoms with Crippen molar-refractivity contribution in [1.29, 1.82) is 0 Å². The summed E-state index contributed by atoms with van der Waals surface area (Å²) < 4.78 is 0. The Bertz CT molecular complexity index is 106. The average Bonchev–Trinajstić information content (AvgIpc) is 1.65. The number of aliphatic hydroxyl groups excluding tert-OH is 1. The van der Waals surface area contributed by atoms with Crippen LogP contribution in [0.1, 0.15) is 6.92 Å². The Morgan fingerprint density at radius 2 is 1.60 bits per heavy atom. The third-order valence-electron chi connectivity index (χ3n) is 0.531. The van der Waals surface area contributed by atoms with Crippen LogP contribution in [0.3, 0.4) is 0 Å². The minimum absolute atomic E-state index is 0. The number of rotatable bonds is 1. The highest BCUT2D eigenvalue weighted by Gasteiger charge is 1.95. The maximum absolute atomic E-state index is 9.70. The van der Waals surface area contributed by atoms with Crippen molar-refractivity contribution >= 4 is 5.97 Å². The molecule has 10 heavy (non-hydrogen) atoms. The number of hydrogen-bond acceptors (Lipinski definition) is 2. The fraction of sp³-hybridized carbons (Fsp3) is 0.250. The molecular weight excluding hydrogens is 144 g/mol. The van der Waals surface area contributed by atoms with E-state index in [1.807, 2.05) is 0 Å². The molecule has 0 aromatic rings. The number of aliphatic hydroxyl groups is 1. The van der Waals surface area contributed by atoms with Gasteiger partial charge in [-0.1, -0.05) is 0 Å². The molecule has 0 heterocycles. The summed E-state index contributed by atoms with van der Waals surface area (Å²) in [7, 11) is 0. The monoisotopic (exact) mass is 156 g/mol. The highest BCUT2D eigenvalue weighted by molar-refractivity contribution is 5.85. The molecule has 0 aliphatic heterocycles. The molecule has 6 heteroatoms. The first-order chi connectivity index (χ1) is 3.18. The van der Waals surface area contributed by atoms with Crippen molar-refractivity contribution < 1.29 is 31.4 Å². The zero-order valence-corrected chi connectivity index (χ0v) is 5.38. The van der Waals surface area contributed by atoms with Gasteiger partial charge in [-0.3, -0.25) is 0 Å². The van der Waals surface area contributed by atoms with Crippen LogP contribution in [0, 0.1) is 0 Å². The summed E-state index contributed by atoms with van der Waals surface area (Å²) in [4.78, 5) is 9.70.